The topological polar surface area (TPSA) is 40.5 Å². The summed E-state index contributed by atoms with van der Waals surface area (Å²) < 4.78 is 12.7. The standard InChI is InChI=1S/C7H6ClFO2/c8-4-1-2-5(7(10)11)6(9)3-4/h1-3,7,10-11H. The van der Waals surface area contributed by atoms with Gasteiger partial charge in [0.15, 0.2) is 6.29 Å². The number of aliphatic hydroxyl groups excluding tert-OH is 1. The van der Waals surface area contributed by atoms with Gasteiger partial charge in [-0.15, -0.1) is 0 Å². The third-order valence-electron chi connectivity index (χ3n) is 1.24. The Balaban J connectivity index is 3.09. The van der Waals surface area contributed by atoms with Crippen molar-refractivity contribution < 1.29 is 14.6 Å². The number of hydrogen-bond acceptors (Lipinski definition) is 2. The van der Waals surface area contributed by atoms with Crippen molar-refractivity contribution in [2.75, 3.05) is 0 Å². The van der Waals surface area contributed by atoms with Crippen LogP contribution in [0.1, 0.15) is 11.9 Å². The third-order valence-corrected chi connectivity index (χ3v) is 1.48. The fraction of sp³-hybridized carbons (Fsp3) is 0.143. The highest BCUT2D eigenvalue weighted by molar-refractivity contribution is 6.30. The molecule has 4 heteroatoms. The number of halogens is 2. The van der Waals surface area contributed by atoms with Crippen LogP contribution in [-0.4, -0.2) is 10.2 Å². The smallest absolute Gasteiger partial charge is 0.181 e. The number of rotatable bonds is 1. The molecule has 0 saturated heterocycles. The van der Waals surface area contributed by atoms with Crippen LogP contribution in [0.3, 0.4) is 0 Å². The van der Waals surface area contributed by atoms with E-state index < -0.39 is 12.1 Å². The van der Waals surface area contributed by atoms with E-state index in [9.17, 15) is 4.39 Å². The van der Waals surface area contributed by atoms with E-state index in [0.717, 1.165) is 6.07 Å². The molecule has 2 N–H and O–H groups in total. The number of hydrogen-bond donors (Lipinski definition) is 2. The van der Waals surface area contributed by atoms with Gasteiger partial charge < -0.3 is 10.2 Å². The van der Waals surface area contributed by atoms with Gasteiger partial charge in [0, 0.05) is 10.6 Å². The van der Waals surface area contributed by atoms with Crippen molar-refractivity contribution >= 4 is 11.6 Å². The van der Waals surface area contributed by atoms with Crippen molar-refractivity contribution in [3.8, 4) is 0 Å². The van der Waals surface area contributed by atoms with Crippen molar-refractivity contribution in [3.63, 3.8) is 0 Å². The molecule has 2 nitrogen and oxygen atoms in total. The monoisotopic (exact) mass is 176 g/mol. The minimum Gasteiger partial charge on any atom is -0.364 e. The predicted molar refractivity (Wildman–Crippen MR) is 38.6 cm³/mol. The van der Waals surface area contributed by atoms with Crippen LogP contribution in [0.5, 0.6) is 0 Å². The van der Waals surface area contributed by atoms with E-state index in [1.165, 1.54) is 12.1 Å². The van der Waals surface area contributed by atoms with Gasteiger partial charge in [0.1, 0.15) is 5.82 Å². The summed E-state index contributed by atoms with van der Waals surface area (Å²) >= 11 is 5.42. The van der Waals surface area contributed by atoms with Crippen LogP contribution in [0.2, 0.25) is 5.02 Å². The minimum atomic E-state index is -1.78. The lowest BCUT2D eigenvalue weighted by Gasteiger charge is -2.04. The molecule has 1 aromatic carbocycles. The van der Waals surface area contributed by atoms with Crippen LogP contribution in [0.25, 0.3) is 0 Å². The lowest BCUT2D eigenvalue weighted by atomic mass is 10.2. The molecule has 60 valence electrons. The average molecular weight is 177 g/mol. The van der Waals surface area contributed by atoms with E-state index in [-0.39, 0.29) is 10.6 Å². The van der Waals surface area contributed by atoms with Crippen LogP contribution in [0.4, 0.5) is 4.39 Å². The van der Waals surface area contributed by atoms with E-state index in [2.05, 4.69) is 0 Å². The Labute approximate surface area is 67.9 Å². The fourth-order valence-electron chi connectivity index (χ4n) is 0.711. The first-order valence-corrected chi connectivity index (χ1v) is 3.30. The molecule has 0 aliphatic carbocycles. The number of aliphatic hydroxyl groups is 2. The molecule has 0 radical (unpaired) electrons. The molecule has 0 fully saturated rings. The Morgan fingerprint density at radius 1 is 1.36 bits per heavy atom. The van der Waals surface area contributed by atoms with E-state index >= 15 is 0 Å². The van der Waals surface area contributed by atoms with Crippen molar-refractivity contribution in [3.05, 3.63) is 34.6 Å². The maximum Gasteiger partial charge on any atom is 0.181 e. The maximum atomic E-state index is 12.7. The van der Waals surface area contributed by atoms with E-state index in [1.54, 1.807) is 0 Å². The van der Waals surface area contributed by atoms with Gasteiger partial charge in [-0.2, -0.15) is 0 Å². The van der Waals surface area contributed by atoms with Gasteiger partial charge in [0.25, 0.3) is 0 Å². The second kappa shape index (κ2) is 3.17. The van der Waals surface area contributed by atoms with Gasteiger partial charge in [-0.3, -0.25) is 0 Å². The molecule has 1 aromatic rings. The molecule has 0 unspecified atom stereocenters. The SMILES string of the molecule is OC(O)c1ccc(Cl)cc1F. The second-order valence-electron chi connectivity index (χ2n) is 2.04. The van der Waals surface area contributed by atoms with Gasteiger partial charge >= 0.3 is 0 Å². The zero-order chi connectivity index (χ0) is 8.43. The summed E-state index contributed by atoms with van der Waals surface area (Å²) in [4.78, 5) is 0. The Morgan fingerprint density at radius 2 is 2.00 bits per heavy atom. The zero-order valence-corrected chi connectivity index (χ0v) is 6.22. The lowest BCUT2D eigenvalue weighted by Crippen LogP contribution is -1.97. The van der Waals surface area contributed by atoms with E-state index in [4.69, 9.17) is 21.8 Å². The molecule has 0 aliphatic rings. The molecule has 0 aliphatic heterocycles. The molecule has 0 heterocycles. The summed E-state index contributed by atoms with van der Waals surface area (Å²) in [5, 5.41) is 17.4. The highest BCUT2D eigenvalue weighted by atomic mass is 35.5. The average Bonchev–Trinajstić information content (AvgIpc) is 1.85. The summed E-state index contributed by atoms with van der Waals surface area (Å²) in [6.07, 6.45) is -1.78. The van der Waals surface area contributed by atoms with Gasteiger partial charge in [0.05, 0.1) is 0 Å². The summed E-state index contributed by atoms with van der Waals surface area (Å²) in [6, 6.07) is 3.64. The van der Waals surface area contributed by atoms with Crippen LogP contribution >= 0.6 is 11.6 Å². The normalized spacial score (nSPS) is 10.6. The summed E-state index contributed by atoms with van der Waals surface area (Å²) in [5.74, 6) is -0.715. The molecule has 0 saturated carbocycles. The number of benzene rings is 1. The first-order chi connectivity index (χ1) is 5.11. The van der Waals surface area contributed by atoms with Gasteiger partial charge in [0.2, 0.25) is 0 Å². The van der Waals surface area contributed by atoms with E-state index in [0.29, 0.717) is 0 Å². The zero-order valence-electron chi connectivity index (χ0n) is 5.46. The molecule has 0 amide bonds. The molecule has 0 spiro atoms. The fourth-order valence-corrected chi connectivity index (χ4v) is 0.870. The Hall–Kier alpha value is -0.640. The maximum absolute atomic E-state index is 12.7. The Kier molecular flexibility index (Phi) is 2.44. The molecule has 0 bridgehead atoms. The lowest BCUT2D eigenvalue weighted by molar-refractivity contribution is -0.0449. The van der Waals surface area contributed by atoms with Crippen LogP contribution in [-0.2, 0) is 0 Å². The largest absolute Gasteiger partial charge is 0.364 e. The Morgan fingerprint density at radius 3 is 2.45 bits per heavy atom. The summed E-state index contributed by atoms with van der Waals surface area (Å²) in [6.45, 7) is 0. The van der Waals surface area contributed by atoms with Crippen molar-refractivity contribution in [2.45, 2.75) is 6.29 Å². The van der Waals surface area contributed by atoms with Gasteiger partial charge in [-0.05, 0) is 18.2 Å². The summed E-state index contributed by atoms with van der Waals surface area (Å²) in [7, 11) is 0. The first-order valence-electron chi connectivity index (χ1n) is 2.92. The molecular formula is C7H6ClFO2. The first kappa shape index (κ1) is 8.46. The van der Waals surface area contributed by atoms with Crippen LogP contribution in [0.15, 0.2) is 18.2 Å². The quantitative estimate of drug-likeness (QED) is 0.636. The molecule has 1 rings (SSSR count). The molecule has 11 heavy (non-hydrogen) atoms. The van der Waals surface area contributed by atoms with Crippen molar-refractivity contribution in [1.82, 2.24) is 0 Å². The minimum absolute atomic E-state index is 0.172. The Bertz CT molecular complexity index is 263. The van der Waals surface area contributed by atoms with Gasteiger partial charge in [-0.25, -0.2) is 4.39 Å². The van der Waals surface area contributed by atoms with Crippen molar-refractivity contribution in [1.29, 1.82) is 0 Å². The molecule has 0 aromatic heterocycles. The highest BCUT2D eigenvalue weighted by Gasteiger charge is 2.08. The molecule has 0 atom stereocenters. The third kappa shape index (κ3) is 1.89. The van der Waals surface area contributed by atoms with Crippen LogP contribution in [0, 0.1) is 5.82 Å². The predicted octanol–water partition coefficient (Wildman–Crippen LogP) is 1.46. The van der Waals surface area contributed by atoms with Crippen LogP contribution < -0.4 is 0 Å². The summed E-state index contributed by atoms with van der Waals surface area (Å²) in [5.41, 5.74) is -0.172. The van der Waals surface area contributed by atoms with E-state index in [1.807, 2.05) is 0 Å². The second-order valence-corrected chi connectivity index (χ2v) is 2.48. The molecular weight excluding hydrogens is 171 g/mol. The van der Waals surface area contributed by atoms with Crippen molar-refractivity contribution in [2.24, 2.45) is 0 Å². The van der Waals surface area contributed by atoms with Gasteiger partial charge in [-0.1, -0.05) is 11.6 Å². The highest BCUT2D eigenvalue weighted by Crippen LogP contribution is 2.18.